The lowest BCUT2D eigenvalue weighted by Gasteiger charge is -2.35. The number of amidine groups is 1. The van der Waals surface area contributed by atoms with Crippen LogP contribution in [0.15, 0.2) is 226 Å². The van der Waals surface area contributed by atoms with Gasteiger partial charge in [-0.2, -0.15) is 4.98 Å². The molecule has 20 rings (SSSR count). The molecule has 0 N–H and O–H groups in total. The van der Waals surface area contributed by atoms with E-state index in [9.17, 15) is 59.1 Å². The van der Waals surface area contributed by atoms with E-state index >= 15 is 0 Å². The number of hydrogen-bond acceptors (Lipinski definition) is 26. The van der Waals surface area contributed by atoms with E-state index in [2.05, 4.69) is 70.7 Å². The predicted octanol–water partition coefficient (Wildman–Crippen LogP) is 12.5. The molecule has 12 heterocycles. The summed E-state index contributed by atoms with van der Waals surface area (Å²) in [6.45, 7) is 14.0. The number of ether oxygens (including phenoxy) is 2. The molecule has 15 aromatic rings. The molecular formula is C98H92F8N26O9. The van der Waals surface area contributed by atoms with Crippen LogP contribution in [-0.2, 0) is 61.3 Å². The molecule has 4 fully saturated rings. The minimum absolute atomic E-state index is 0.0155. The van der Waals surface area contributed by atoms with Gasteiger partial charge in [-0.15, -0.1) is 30.6 Å². The van der Waals surface area contributed by atoms with Gasteiger partial charge in [0.05, 0.1) is 13.7 Å². The summed E-state index contributed by atoms with van der Waals surface area (Å²) in [4.78, 5) is 107. The standard InChI is InChI=1S/C26H22F2N6O3.C25H25F2N7O2.C24H23F2N7O2.C23H22F2N6O2/c1-37-22-4-2-3-21(29-22)33-14-13-32(15-24(33)36)23(35)16-34-26(18-7-11-20(28)12-8-18)30-25(31-34)17-5-9-19(27)10-6-17;1-16(2)24-29-30-25(36-24)33-13-11-32(12-14-33)21(35)15-34-23(18-5-9-20(27)10-6-18)28-22(31-34)17-3-7-19(26)8-4-17;1-2-20-28-29-24(35-20)32-13-11-31(12-14-32)21(34)15-33-23(17-5-9-19(26)10-6-17)27-22(30-33)16-3-7-18(25)8-4-16;24-18-5-1-16(2-6-18)21-27-22(17-3-7-19(25)8-4-17)31(28-21)15-20(32)29-10-12-30(13-11-29)23-26-9-14-33-23/h2-12H,13-16H2,1H3;3-10,16H,11-15H2,1-2H3;3-10H,2,11-15H2,1H3;1-8H,9-15H2. The van der Waals surface area contributed by atoms with Crippen molar-refractivity contribution in [3.05, 3.63) is 271 Å². The third-order valence-electron chi connectivity index (χ3n) is 23.4. The number of carbonyl (C=O) groups excluding carboxylic acids is 5. The van der Waals surface area contributed by atoms with Gasteiger partial charge in [-0.1, -0.05) is 37.0 Å². The summed E-state index contributed by atoms with van der Waals surface area (Å²) in [5, 5.41) is 34.3. The van der Waals surface area contributed by atoms with Crippen molar-refractivity contribution < 1.29 is 77.4 Å². The number of aromatic nitrogens is 17. The highest BCUT2D eigenvalue weighted by molar-refractivity contribution is 5.97. The molecule has 0 saturated carbocycles. The van der Waals surface area contributed by atoms with Gasteiger partial charge in [0.2, 0.25) is 47.2 Å². The smallest absolute Gasteiger partial charge is 0.318 e. The van der Waals surface area contributed by atoms with E-state index in [1.54, 1.807) is 106 Å². The van der Waals surface area contributed by atoms with Crippen LogP contribution in [0.5, 0.6) is 5.88 Å². The first-order chi connectivity index (χ1) is 68.3. The first-order valence-electron chi connectivity index (χ1n) is 45.2. The monoisotopic (exact) mass is 1930 g/mol. The molecule has 724 valence electrons. The second kappa shape index (κ2) is 43.7. The zero-order valence-electron chi connectivity index (χ0n) is 76.7. The summed E-state index contributed by atoms with van der Waals surface area (Å²) in [5.41, 5.74) is 4.83. The Balaban J connectivity index is 0.000000130. The van der Waals surface area contributed by atoms with E-state index in [1.807, 2.05) is 35.5 Å². The number of rotatable bonds is 22. The SMILES string of the molecule is CC(C)c1nnc(N2CCN(C(=O)Cn3nc(-c4ccc(F)cc4)nc3-c3ccc(F)cc3)CC2)o1.CCc1nnc(N2CCN(C(=O)Cn3nc(-c4ccc(F)cc4)nc3-c3ccc(F)cc3)CC2)o1.COc1cccc(N2CCN(C(=O)Cn3nc(-c4ccc(F)cc4)nc3-c3ccc(F)cc3)CC2=O)n1.O=C(Cn1nc(-c2ccc(F)cc2)nc1-c1ccc(F)cc1)N1CCN(C2=NCCO2)CC1. The lowest BCUT2D eigenvalue weighted by molar-refractivity contribution is -0.137. The molecule has 0 unspecified atom stereocenters. The third-order valence-corrected chi connectivity index (χ3v) is 23.4. The number of anilines is 3. The normalized spacial score (nSPS) is 14.4. The van der Waals surface area contributed by atoms with Gasteiger partial charge in [0.1, 0.15) is 91.7 Å². The average Bonchev–Trinajstić information content (AvgIpc) is 1.69. The second-order valence-electron chi connectivity index (χ2n) is 33.1. The first-order valence-corrected chi connectivity index (χ1v) is 45.2. The molecule has 0 radical (unpaired) electrons. The zero-order valence-corrected chi connectivity index (χ0v) is 76.7. The van der Waals surface area contributed by atoms with E-state index < -0.39 is 11.6 Å². The van der Waals surface area contributed by atoms with Gasteiger partial charge >= 0.3 is 12.0 Å². The van der Waals surface area contributed by atoms with Crippen molar-refractivity contribution in [1.82, 2.24) is 109 Å². The highest BCUT2D eigenvalue weighted by Gasteiger charge is 2.34. The topological polar surface area (TPSA) is 356 Å². The lowest BCUT2D eigenvalue weighted by atomic mass is 10.2. The van der Waals surface area contributed by atoms with Gasteiger partial charge in [0.25, 0.3) is 6.02 Å². The molecule has 4 saturated heterocycles. The largest absolute Gasteiger partial charge is 0.481 e. The number of carbonyl (C=O) groups is 5. The number of benzene rings is 8. The van der Waals surface area contributed by atoms with Crippen molar-refractivity contribution in [2.24, 2.45) is 4.99 Å². The Kier molecular flexibility index (Phi) is 29.7. The van der Waals surface area contributed by atoms with Crippen molar-refractivity contribution in [1.29, 1.82) is 0 Å². The van der Waals surface area contributed by atoms with Gasteiger partial charge in [-0.25, -0.2) is 78.8 Å². The van der Waals surface area contributed by atoms with Crippen LogP contribution in [0.1, 0.15) is 38.5 Å². The van der Waals surface area contributed by atoms with Crippen molar-refractivity contribution >= 4 is 53.4 Å². The first kappa shape index (κ1) is 95.9. The number of halogens is 8. The molecule has 35 nitrogen and oxygen atoms in total. The van der Waals surface area contributed by atoms with Crippen LogP contribution in [0, 0.1) is 46.5 Å². The van der Waals surface area contributed by atoms with E-state index in [1.165, 1.54) is 157 Å². The Morgan fingerprint density at radius 1 is 0.362 bits per heavy atom. The van der Waals surface area contributed by atoms with Crippen LogP contribution < -0.4 is 19.4 Å². The maximum absolute atomic E-state index is 13.5. The quantitative estimate of drug-likeness (QED) is 0.0569. The molecule has 0 bridgehead atoms. The zero-order chi connectivity index (χ0) is 98.3. The Bertz CT molecular complexity index is 6910. The van der Waals surface area contributed by atoms with E-state index in [0.29, 0.717) is 231 Å². The van der Waals surface area contributed by atoms with E-state index in [0.717, 1.165) is 0 Å². The predicted molar refractivity (Wildman–Crippen MR) is 499 cm³/mol. The van der Waals surface area contributed by atoms with Crippen molar-refractivity contribution in [3.8, 4) is 97.0 Å². The van der Waals surface area contributed by atoms with E-state index in [4.69, 9.17) is 18.3 Å². The number of aryl methyl sites for hydroxylation is 1. The van der Waals surface area contributed by atoms with Crippen molar-refractivity contribution in [2.45, 2.75) is 59.3 Å². The van der Waals surface area contributed by atoms with Gasteiger partial charge in [-0.3, -0.25) is 28.9 Å². The maximum Gasteiger partial charge on any atom is 0.318 e. The number of amides is 5. The van der Waals surface area contributed by atoms with Crippen LogP contribution in [0.4, 0.5) is 53.0 Å². The molecule has 5 amide bonds. The molecule has 0 atom stereocenters. The number of aliphatic imine (C=N–C) groups is 1. The highest BCUT2D eigenvalue weighted by Crippen LogP contribution is 2.32. The molecule has 0 aliphatic carbocycles. The fourth-order valence-electron chi connectivity index (χ4n) is 15.7. The molecule has 43 heteroatoms. The summed E-state index contributed by atoms with van der Waals surface area (Å²) in [6.07, 6.45) is 0.666. The summed E-state index contributed by atoms with van der Waals surface area (Å²) < 4.78 is 135. The minimum atomic E-state index is -0.411. The Morgan fingerprint density at radius 2 is 0.674 bits per heavy atom. The molecular weight excluding hydrogens is 1840 g/mol. The molecule has 8 aromatic carbocycles. The van der Waals surface area contributed by atoms with Crippen LogP contribution in [0.2, 0.25) is 0 Å². The van der Waals surface area contributed by atoms with Gasteiger partial charge in [0, 0.05) is 155 Å². The van der Waals surface area contributed by atoms with Gasteiger partial charge < -0.3 is 52.6 Å². The summed E-state index contributed by atoms with van der Waals surface area (Å²) in [7, 11) is 1.50. The minimum Gasteiger partial charge on any atom is -0.481 e. The van der Waals surface area contributed by atoms with Gasteiger partial charge in [0.15, 0.2) is 46.6 Å². The maximum atomic E-state index is 13.5. The number of piperazine rings is 4. The Morgan fingerprint density at radius 3 is 0.972 bits per heavy atom. The summed E-state index contributed by atoms with van der Waals surface area (Å²) >= 11 is 0. The van der Waals surface area contributed by atoms with E-state index in [-0.39, 0.29) is 115 Å². The molecule has 0 spiro atoms. The number of hydrogen-bond donors (Lipinski definition) is 0. The van der Waals surface area contributed by atoms with Crippen LogP contribution >= 0.6 is 0 Å². The summed E-state index contributed by atoms with van der Waals surface area (Å²) in [5.74, 6) is 1.18. The second-order valence-corrected chi connectivity index (χ2v) is 33.1. The Labute approximate surface area is 801 Å². The van der Waals surface area contributed by atoms with Crippen LogP contribution in [-0.4, -0.2) is 263 Å². The summed E-state index contributed by atoms with van der Waals surface area (Å²) in [6, 6.07) is 53.0. The fraction of sp³-hybridized carbons (Fsp3) is 0.276. The van der Waals surface area contributed by atoms with Crippen molar-refractivity contribution in [3.63, 3.8) is 0 Å². The van der Waals surface area contributed by atoms with Crippen LogP contribution in [0.25, 0.3) is 91.1 Å². The average molecular weight is 1930 g/mol. The number of pyridine rings is 1. The molecule has 5 aliphatic rings. The molecule has 141 heavy (non-hydrogen) atoms. The third kappa shape index (κ3) is 23.6. The molecule has 5 aliphatic heterocycles. The number of methoxy groups -OCH3 is 1. The highest BCUT2D eigenvalue weighted by atomic mass is 19.2. The Hall–Kier alpha value is -16.8. The number of nitrogens with zero attached hydrogens (tertiary/aromatic N) is 26. The van der Waals surface area contributed by atoms with Crippen LogP contribution in [0.3, 0.4) is 0 Å². The van der Waals surface area contributed by atoms with Gasteiger partial charge in [-0.05, 0) is 200 Å². The fourth-order valence-corrected chi connectivity index (χ4v) is 15.7. The lowest BCUT2D eigenvalue weighted by Crippen LogP contribution is -2.53. The van der Waals surface area contributed by atoms with Crippen molar-refractivity contribution in [2.75, 3.05) is 133 Å². The molecule has 7 aromatic heterocycles.